The van der Waals surface area contributed by atoms with Crippen LogP contribution >= 0.6 is 0 Å². The number of guanidine groups is 1. The molecule has 1 saturated heterocycles. The number of ether oxygens (including phenoxy) is 1. The molecule has 1 atom stereocenters. The summed E-state index contributed by atoms with van der Waals surface area (Å²) in [5.74, 6) is 0.690. The fourth-order valence-corrected chi connectivity index (χ4v) is 3.54. The molecule has 19 heavy (non-hydrogen) atoms. The van der Waals surface area contributed by atoms with Gasteiger partial charge in [0.25, 0.3) is 0 Å². The maximum absolute atomic E-state index is 6.31. The van der Waals surface area contributed by atoms with Gasteiger partial charge in [-0.3, -0.25) is 4.99 Å². The molecular formula is C15H27N3O. The lowest BCUT2D eigenvalue weighted by molar-refractivity contribution is -0.0599. The van der Waals surface area contributed by atoms with Crippen molar-refractivity contribution in [2.75, 3.05) is 13.6 Å². The number of hydrogen-bond acceptors (Lipinski definition) is 2. The van der Waals surface area contributed by atoms with Crippen molar-refractivity contribution in [1.82, 2.24) is 4.90 Å². The third-order valence-corrected chi connectivity index (χ3v) is 5.02. The van der Waals surface area contributed by atoms with Crippen LogP contribution in [0.2, 0.25) is 0 Å². The van der Waals surface area contributed by atoms with Gasteiger partial charge in [-0.1, -0.05) is 19.3 Å². The molecule has 1 aliphatic heterocycles. The highest BCUT2D eigenvalue weighted by molar-refractivity contribution is 5.78. The minimum atomic E-state index is 0.204. The Morgan fingerprint density at radius 3 is 2.63 bits per heavy atom. The second-order valence-electron chi connectivity index (χ2n) is 6.56. The smallest absolute Gasteiger partial charge is 0.191 e. The Morgan fingerprint density at radius 1 is 1.21 bits per heavy atom. The molecule has 1 unspecified atom stereocenters. The van der Waals surface area contributed by atoms with Crippen molar-refractivity contribution in [3.8, 4) is 0 Å². The topological polar surface area (TPSA) is 50.8 Å². The van der Waals surface area contributed by atoms with Crippen molar-refractivity contribution in [1.29, 1.82) is 0 Å². The molecule has 0 aromatic carbocycles. The summed E-state index contributed by atoms with van der Waals surface area (Å²) < 4.78 is 6.31. The van der Waals surface area contributed by atoms with Gasteiger partial charge in [0.1, 0.15) is 0 Å². The second-order valence-corrected chi connectivity index (χ2v) is 6.56. The first-order valence-corrected chi connectivity index (χ1v) is 7.89. The number of nitrogens with two attached hydrogens (primary N) is 1. The SMILES string of the molecule is CN(C(N)=NCC1CCC2(CCCCC2)O1)C1CC1. The van der Waals surface area contributed by atoms with E-state index >= 15 is 0 Å². The number of aliphatic imine (C=N–C) groups is 1. The monoisotopic (exact) mass is 265 g/mol. The van der Waals surface area contributed by atoms with Gasteiger partial charge in [-0.15, -0.1) is 0 Å². The van der Waals surface area contributed by atoms with E-state index in [-0.39, 0.29) is 5.60 Å². The van der Waals surface area contributed by atoms with E-state index < -0.39 is 0 Å². The van der Waals surface area contributed by atoms with Gasteiger partial charge in [0, 0.05) is 13.1 Å². The van der Waals surface area contributed by atoms with Crippen molar-refractivity contribution in [2.45, 2.75) is 75.5 Å². The van der Waals surface area contributed by atoms with Crippen molar-refractivity contribution < 1.29 is 4.74 Å². The molecular weight excluding hydrogens is 238 g/mol. The van der Waals surface area contributed by atoms with Crippen molar-refractivity contribution in [3.05, 3.63) is 0 Å². The Bertz CT molecular complexity index is 345. The van der Waals surface area contributed by atoms with Crippen molar-refractivity contribution >= 4 is 5.96 Å². The lowest BCUT2D eigenvalue weighted by Crippen LogP contribution is -2.37. The van der Waals surface area contributed by atoms with E-state index in [1.165, 1.54) is 51.4 Å². The minimum Gasteiger partial charge on any atom is -0.370 e. The van der Waals surface area contributed by atoms with Crippen LogP contribution in [0.5, 0.6) is 0 Å². The molecule has 3 rings (SSSR count). The van der Waals surface area contributed by atoms with E-state index in [1.807, 2.05) is 0 Å². The van der Waals surface area contributed by atoms with Gasteiger partial charge in [-0.05, 0) is 38.5 Å². The highest BCUT2D eigenvalue weighted by Gasteiger charge is 2.40. The molecule has 108 valence electrons. The van der Waals surface area contributed by atoms with Crippen LogP contribution in [-0.2, 0) is 4.74 Å². The lowest BCUT2D eigenvalue weighted by atomic mass is 9.83. The van der Waals surface area contributed by atoms with Gasteiger partial charge in [-0.25, -0.2) is 0 Å². The quantitative estimate of drug-likeness (QED) is 0.629. The molecule has 3 aliphatic rings. The highest BCUT2D eigenvalue weighted by Crippen LogP contribution is 2.41. The summed E-state index contributed by atoms with van der Waals surface area (Å²) in [6.45, 7) is 0.741. The van der Waals surface area contributed by atoms with Gasteiger partial charge in [-0.2, -0.15) is 0 Å². The Balaban J connectivity index is 1.49. The maximum atomic E-state index is 6.31. The van der Waals surface area contributed by atoms with E-state index in [0.29, 0.717) is 18.1 Å². The Labute approximate surface area is 116 Å². The molecule has 2 aliphatic carbocycles. The molecule has 4 heteroatoms. The number of nitrogens with zero attached hydrogens (tertiary/aromatic N) is 2. The van der Waals surface area contributed by atoms with Crippen LogP contribution in [0.15, 0.2) is 4.99 Å². The standard InChI is InChI=1S/C15H27N3O/c1-18(12-5-6-12)14(16)17-11-13-7-10-15(19-13)8-3-2-4-9-15/h12-13H,2-11H2,1H3,(H2,16,17). The molecule has 1 heterocycles. The molecule has 0 aromatic heterocycles. The fourth-order valence-electron chi connectivity index (χ4n) is 3.54. The molecule has 0 amide bonds. The fraction of sp³-hybridized carbons (Fsp3) is 0.933. The highest BCUT2D eigenvalue weighted by atomic mass is 16.5. The van der Waals surface area contributed by atoms with Crippen LogP contribution in [0, 0.1) is 0 Å². The Morgan fingerprint density at radius 2 is 1.95 bits per heavy atom. The molecule has 3 fully saturated rings. The number of rotatable bonds is 3. The molecule has 4 nitrogen and oxygen atoms in total. The summed E-state index contributed by atoms with van der Waals surface area (Å²) in [5.41, 5.74) is 6.23. The zero-order chi connectivity index (χ0) is 13.3. The zero-order valence-electron chi connectivity index (χ0n) is 12.1. The van der Waals surface area contributed by atoms with Gasteiger partial charge < -0.3 is 15.4 Å². The Hall–Kier alpha value is -0.770. The van der Waals surface area contributed by atoms with Crippen LogP contribution in [0.4, 0.5) is 0 Å². The summed E-state index contributed by atoms with van der Waals surface area (Å²) in [6.07, 6.45) is 11.8. The summed E-state index contributed by atoms with van der Waals surface area (Å²) in [6, 6.07) is 0.637. The largest absolute Gasteiger partial charge is 0.370 e. The summed E-state index contributed by atoms with van der Waals surface area (Å²) >= 11 is 0. The Kier molecular flexibility index (Phi) is 3.70. The minimum absolute atomic E-state index is 0.204. The van der Waals surface area contributed by atoms with Crippen molar-refractivity contribution in [3.63, 3.8) is 0 Å². The molecule has 0 aromatic rings. The average Bonchev–Trinajstić information content (AvgIpc) is 3.21. The van der Waals surface area contributed by atoms with E-state index in [0.717, 1.165) is 13.0 Å². The summed E-state index contributed by atoms with van der Waals surface area (Å²) in [7, 11) is 2.05. The molecule has 2 saturated carbocycles. The van der Waals surface area contributed by atoms with Crippen LogP contribution in [-0.4, -0.2) is 42.2 Å². The van der Waals surface area contributed by atoms with E-state index in [9.17, 15) is 0 Å². The van der Waals surface area contributed by atoms with Crippen LogP contribution in [0.25, 0.3) is 0 Å². The van der Waals surface area contributed by atoms with Gasteiger partial charge in [0.2, 0.25) is 0 Å². The van der Waals surface area contributed by atoms with Crippen LogP contribution < -0.4 is 5.73 Å². The van der Waals surface area contributed by atoms with Gasteiger partial charge >= 0.3 is 0 Å². The molecule has 2 N–H and O–H groups in total. The zero-order valence-corrected chi connectivity index (χ0v) is 12.1. The summed E-state index contributed by atoms with van der Waals surface area (Å²) in [4.78, 5) is 6.66. The first kappa shape index (κ1) is 13.2. The predicted octanol–water partition coefficient (Wildman–Crippen LogP) is 2.28. The summed E-state index contributed by atoms with van der Waals surface area (Å²) in [5, 5.41) is 0. The van der Waals surface area contributed by atoms with E-state index in [4.69, 9.17) is 10.5 Å². The maximum Gasteiger partial charge on any atom is 0.191 e. The first-order chi connectivity index (χ1) is 9.19. The van der Waals surface area contributed by atoms with E-state index in [1.54, 1.807) is 0 Å². The molecule has 0 radical (unpaired) electrons. The third-order valence-electron chi connectivity index (χ3n) is 5.02. The van der Waals surface area contributed by atoms with Crippen LogP contribution in [0.1, 0.15) is 57.8 Å². The molecule has 1 spiro atoms. The average molecular weight is 265 g/mol. The van der Waals surface area contributed by atoms with Crippen molar-refractivity contribution in [2.24, 2.45) is 10.7 Å². The predicted molar refractivity (Wildman–Crippen MR) is 77.2 cm³/mol. The third kappa shape index (κ3) is 3.04. The lowest BCUT2D eigenvalue weighted by Gasteiger charge is -2.33. The second kappa shape index (κ2) is 5.31. The van der Waals surface area contributed by atoms with Crippen LogP contribution in [0.3, 0.4) is 0 Å². The number of hydrogen-bond donors (Lipinski definition) is 1. The first-order valence-electron chi connectivity index (χ1n) is 7.89. The van der Waals surface area contributed by atoms with Gasteiger partial charge in [0.15, 0.2) is 5.96 Å². The normalized spacial score (nSPS) is 30.8. The van der Waals surface area contributed by atoms with Gasteiger partial charge in [0.05, 0.1) is 18.2 Å². The molecule has 0 bridgehead atoms. The van der Waals surface area contributed by atoms with E-state index in [2.05, 4.69) is 16.9 Å².